The van der Waals surface area contributed by atoms with Crippen LogP contribution in [0.3, 0.4) is 0 Å². The van der Waals surface area contributed by atoms with E-state index < -0.39 is 43.8 Å². The molecule has 36 heavy (non-hydrogen) atoms. The third-order valence-corrected chi connectivity index (χ3v) is 6.41. The standard InChI is InChI=1S/C23H17F2N5O5S/c1-3-35-23(31)21-17-7-4-14(11-30(17)12-28-21)19-15(24)5-6-16(20(19)25)29-36(32,33)18-8-13(9-26)10-27-22(18)34-2/h4-8,10-12,29H,3H2,1-2H3. The van der Waals surface area contributed by atoms with E-state index in [0.29, 0.717) is 5.52 Å². The zero-order valence-corrected chi connectivity index (χ0v) is 19.6. The summed E-state index contributed by atoms with van der Waals surface area (Å²) in [6, 6.07) is 7.41. The van der Waals surface area contributed by atoms with Crippen LogP contribution in [-0.4, -0.2) is 42.5 Å². The molecule has 0 spiro atoms. The largest absolute Gasteiger partial charge is 0.480 e. The van der Waals surface area contributed by atoms with Gasteiger partial charge >= 0.3 is 5.97 Å². The van der Waals surface area contributed by atoms with Crippen LogP contribution in [0.25, 0.3) is 16.6 Å². The van der Waals surface area contributed by atoms with Crippen LogP contribution in [0.15, 0.2) is 53.9 Å². The minimum atomic E-state index is -4.49. The number of anilines is 1. The summed E-state index contributed by atoms with van der Waals surface area (Å²) >= 11 is 0. The number of carbonyl (C=O) groups is 1. The molecule has 184 valence electrons. The Morgan fingerprint density at radius 2 is 2.00 bits per heavy atom. The molecule has 0 atom stereocenters. The maximum absolute atomic E-state index is 15.5. The van der Waals surface area contributed by atoms with E-state index in [-0.39, 0.29) is 29.3 Å². The average Bonchev–Trinajstić information content (AvgIpc) is 3.29. The van der Waals surface area contributed by atoms with Crippen LogP contribution < -0.4 is 9.46 Å². The molecule has 10 nitrogen and oxygen atoms in total. The number of ether oxygens (including phenoxy) is 2. The van der Waals surface area contributed by atoms with Gasteiger partial charge in [0.15, 0.2) is 16.4 Å². The first-order chi connectivity index (χ1) is 17.2. The number of aromatic nitrogens is 3. The number of pyridine rings is 2. The van der Waals surface area contributed by atoms with Crippen LogP contribution in [0.2, 0.25) is 0 Å². The predicted molar refractivity (Wildman–Crippen MR) is 123 cm³/mol. The Bertz CT molecular complexity index is 1650. The van der Waals surface area contributed by atoms with Gasteiger partial charge in [-0.15, -0.1) is 0 Å². The quantitative estimate of drug-likeness (QED) is 0.371. The SMILES string of the molecule is CCOC(=O)c1ncn2cc(-c3c(F)ccc(NS(=O)(=O)c4cc(C#N)cnc4OC)c3F)ccc12. The number of halogens is 2. The number of benzene rings is 1. The molecule has 13 heteroatoms. The Morgan fingerprint density at radius 3 is 2.69 bits per heavy atom. The van der Waals surface area contributed by atoms with Crippen molar-refractivity contribution in [2.75, 3.05) is 18.4 Å². The minimum Gasteiger partial charge on any atom is -0.480 e. The van der Waals surface area contributed by atoms with Crippen molar-refractivity contribution in [2.45, 2.75) is 11.8 Å². The molecule has 3 heterocycles. The smallest absolute Gasteiger partial charge is 0.359 e. The van der Waals surface area contributed by atoms with Crippen molar-refractivity contribution < 1.29 is 31.5 Å². The van der Waals surface area contributed by atoms with Gasteiger partial charge in [-0.2, -0.15) is 5.26 Å². The molecule has 0 fully saturated rings. The van der Waals surface area contributed by atoms with E-state index >= 15 is 4.39 Å². The lowest BCUT2D eigenvalue weighted by atomic mass is 10.1. The van der Waals surface area contributed by atoms with Crippen LogP contribution in [-0.2, 0) is 14.8 Å². The van der Waals surface area contributed by atoms with Gasteiger partial charge in [0.1, 0.15) is 18.2 Å². The van der Waals surface area contributed by atoms with Crippen molar-refractivity contribution >= 4 is 27.2 Å². The maximum Gasteiger partial charge on any atom is 0.359 e. The van der Waals surface area contributed by atoms with Gasteiger partial charge in [0.05, 0.1) is 36.0 Å². The number of methoxy groups -OCH3 is 1. The number of sulfonamides is 1. The summed E-state index contributed by atoms with van der Waals surface area (Å²) < 4.78 is 69.5. The second kappa shape index (κ2) is 9.59. The summed E-state index contributed by atoms with van der Waals surface area (Å²) in [5, 5.41) is 9.07. The number of imidazole rings is 1. The number of nitrogens with zero attached hydrogens (tertiary/aromatic N) is 4. The second-order valence-corrected chi connectivity index (χ2v) is 8.91. The van der Waals surface area contributed by atoms with Crippen molar-refractivity contribution in [1.82, 2.24) is 14.4 Å². The fraction of sp³-hybridized carbons (Fsp3) is 0.130. The van der Waals surface area contributed by atoms with Crippen LogP contribution in [0.4, 0.5) is 14.5 Å². The lowest BCUT2D eigenvalue weighted by Crippen LogP contribution is -2.16. The normalized spacial score (nSPS) is 11.2. The van der Waals surface area contributed by atoms with Gasteiger partial charge in [-0.1, -0.05) is 6.07 Å². The number of fused-ring (bicyclic) bond motifs is 1. The number of nitrogens with one attached hydrogen (secondary N) is 1. The first-order valence-corrected chi connectivity index (χ1v) is 11.8. The third-order valence-electron chi connectivity index (χ3n) is 5.05. The summed E-state index contributed by atoms with van der Waals surface area (Å²) in [5.41, 5.74) is -0.683. The van der Waals surface area contributed by atoms with Crippen molar-refractivity contribution in [1.29, 1.82) is 5.26 Å². The first-order valence-electron chi connectivity index (χ1n) is 10.3. The number of esters is 1. The van der Waals surface area contributed by atoms with Crippen LogP contribution >= 0.6 is 0 Å². The van der Waals surface area contributed by atoms with Gasteiger partial charge in [-0.05, 0) is 31.2 Å². The molecule has 0 bridgehead atoms. The Morgan fingerprint density at radius 1 is 1.22 bits per heavy atom. The fourth-order valence-corrected chi connectivity index (χ4v) is 4.64. The highest BCUT2D eigenvalue weighted by molar-refractivity contribution is 7.92. The Kier molecular flexibility index (Phi) is 6.54. The molecule has 4 aromatic rings. The van der Waals surface area contributed by atoms with Gasteiger partial charge in [0, 0.05) is 18.0 Å². The van der Waals surface area contributed by atoms with E-state index in [0.717, 1.165) is 24.4 Å². The van der Waals surface area contributed by atoms with E-state index in [9.17, 15) is 17.6 Å². The van der Waals surface area contributed by atoms with E-state index in [2.05, 4.69) is 14.7 Å². The molecule has 4 rings (SSSR count). The van der Waals surface area contributed by atoms with Gasteiger partial charge in [0.2, 0.25) is 5.88 Å². The molecule has 0 saturated carbocycles. The average molecular weight is 513 g/mol. The zero-order chi connectivity index (χ0) is 26.0. The summed E-state index contributed by atoms with van der Waals surface area (Å²) in [6.45, 7) is 1.80. The van der Waals surface area contributed by atoms with Crippen LogP contribution in [0.1, 0.15) is 23.0 Å². The number of carbonyl (C=O) groups excluding carboxylic acids is 1. The molecule has 1 N–H and O–H groups in total. The number of rotatable bonds is 7. The molecule has 0 aliphatic carbocycles. The molecule has 1 aromatic carbocycles. The summed E-state index contributed by atoms with van der Waals surface area (Å²) in [4.78, 5) is 19.3. The highest BCUT2D eigenvalue weighted by Gasteiger charge is 2.25. The summed E-state index contributed by atoms with van der Waals surface area (Å²) in [6.07, 6.45) is 3.75. The monoisotopic (exact) mass is 513 g/mol. The van der Waals surface area contributed by atoms with E-state index in [1.165, 1.54) is 36.2 Å². The lowest BCUT2D eigenvalue weighted by molar-refractivity contribution is 0.0522. The molecule has 0 aliphatic heterocycles. The second-order valence-electron chi connectivity index (χ2n) is 7.26. The van der Waals surface area contributed by atoms with E-state index in [1.807, 2.05) is 0 Å². The van der Waals surface area contributed by atoms with Gasteiger partial charge in [-0.3, -0.25) is 4.72 Å². The third kappa shape index (κ3) is 4.41. The van der Waals surface area contributed by atoms with E-state index in [4.69, 9.17) is 14.7 Å². The summed E-state index contributed by atoms with van der Waals surface area (Å²) in [7, 11) is -3.30. The van der Waals surface area contributed by atoms with E-state index in [1.54, 1.807) is 13.0 Å². The lowest BCUT2D eigenvalue weighted by Gasteiger charge is -2.14. The first kappa shape index (κ1) is 24.6. The van der Waals surface area contributed by atoms with Gasteiger partial charge < -0.3 is 13.9 Å². The molecule has 0 radical (unpaired) electrons. The summed E-state index contributed by atoms with van der Waals surface area (Å²) in [5.74, 6) is -3.10. The van der Waals surface area contributed by atoms with Crippen LogP contribution in [0, 0.1) is 23.0 Å². The molecular weight excluding hydrogens is 496 g/mol. The molecule has 0 saturated heterocycles. The van der Waals surface area contributed by atoms with Gasteiger partial charge in [-0.25, -0.2) is 32.0 Å². The van der Waals surface area contributed by atoms with Crippen molar-refractivity contribution in [3.8, 4) is 23.1 Å². The highest BCUT2D eigenvalue weighted by atomic mass is 32.2. The minimum absolute atomic E-state index is 0.0352. The topological polar surface area (TPSA) is 136 Å². The zero-order valence-electron chi connectivity index (χ0n) is 18.8. The Balaban J connectivity index is 1.76. The number of nitriles is 1. The maximum atomic E-state index is 15.5. The number of hydrogen-bond donors (Lipinski definition) is 1. The molecule has 0 aliphatic rings. The van der Waals surface area contributed by atoms with Crippen LogP contribution in [0.5, 0.6) is 5.88 Å². The molecule has 3 aromatic heterocycles. The van der Waals surface area contributed by atoms with Crippen molar-refractivity contribution in [3.05, 3.63) is 71.9 Å². The number of hydrogen-bond acceptors (Lipinski definition) is 8. The predicted octanol–water partition coefficient (Wildman–Crippen LogP) is 3.53. The molecular formula is C23H17F2N5O5S. The molecule has 0 amide bonds. The molecule has 0 unspecified atom stereocenters. The fourth-order valence-electron chi connectivity index (χ4n) is 3.44. The Labute approximate surface area is 203 Å². The highest BCUT2D eigenvalue weighted by Crippen LogP contribution is 2.33. The van der Waals surface area contributed by atoms with Gasteiger partial charge in [0.25, 0.3) is 10.0 Å². The Hall–Kier alpha value is -4.57. The van der Waals surface area contributed by atoms with Crippen molar-refractivity contribution in [2.24, 2.45) is 0 Å². The van der Waals surface area contributed by atoms with Crippen molar-refractivity contribution in [3.63, 3.8) is 0 Å².